The Morgan fingerprint density at radius 3 is 2.52 bits per heavy atom. The van der Waals surface area contributed by atoms with E-state index in [1.807, 2.05) is 16.8 Å². The lowest BCUT2D eigenvalue weighted by molar-refractivity contribution is 0.240. The number of rotatable bonds is 4. The maximum Gasteiger partial charge on any atom is 0.259 e. The van der Waals surface area contributed by atoms with Gasteiger partial charge in [-0.1, -0.05) is 60.2 Å². The molecule has 0 radical (unpaired) electrons. The molecule has 1 aliphatic rings. The van der Waals surface area contributed by atoms with Gasteiger partial charge in [-0.2, -0.15) is 0 Å². The number of aromatic nitrogens is 3. The predicted molar refractivity (Wildman–Crippen MR) is 114 cm³/mol. The van der Waals surface area contributed by atoms with E-state index in [9.17, 15) is 4.79 Å². The minimum Gasteiger partial charge on any atom is -0.294 e. The van der Waals surface area contributed by atoms with Crippen LogP contribution in [0.2, 0.25) is 0 Å². The van der Waals surface area contributed by atoms with Crippen molar-refractivity contribution in [2.75, 3.05) is 6.54 Å². The maximum atomic E-state index is 13.5. The molecule has 2 aromatic carbocycles. The molecule has 5 heteroatoms. The number of hydrogen-bond donors (Lipinski definition) is 0. The summed E-state index contributed by atoms with van der Waals surface area (Å²) in [6.45, 7) is 5.08. The molecule has 2 aromatic heterocycles. The Labute approximate surface area is 169 Å². The van der Waals surface area contributed by atoms with E-state index >= 15 is 0 Å². The molecule has 4 aromatic rings. The lowest BCUT2D eigenvalue weighted by atomic mass is 10.1. The highest BCUT2D eigenvalue weighted by atomic mass is 16.1. The van der Waals surface area contributed by atoms with E-state index in [1.165, 1.54) is 11.1 Å². The zero-order chi connectivity index (χ0) is 19.8. The van der Waals surface area contributed by atoms with Gasteiger partial charge in [0.15, 0.2) is 0 Å². The number of fused-ring (bicyclic) bond motifs is 3. The summed E-state index contributed by atoms with van der Waals surface area (Å²) in [5.74, 6) is 0.728. The van der Waals surface area contributed by atoms with Gasteiger partial charge >= 0.3 is 0 Å². The van der Waals surface area contributed by atoms with Gasteiger partial charge in [0, 0.05) is 44.1 Å². The Hall–Kier alpha value is -3.18. The number of hydrogen-bond acceptors (Lipinski definition) is 3. The van der Waals surface area contributed by atoms with Crippen molar-refractivity contribution in [3.8, 4) is 0 Å². The highest BCUT2D eigenvalue weighted by Gasteiger charge is 2.24. The second kappa shape index (κ2) is 7.33. The Bertz CT molecular complexity index is 1210. The van der Waals surface area contributed by atoms with Crippen LogP contribution in [0.4, 0.5) is 0 Å². The first-order valence-corrected chi connectivity index (χ1v) is 10.1. The summed E-state index contributed by atoms with van der Waals surface area (Å²) in [6, 6.07) is 18.8. The van der Waals surface area contributed by atoms with Gasteiger partial charge in [-0.15, -0.1) is 0 Å². The van der Waals surface area contributed by atoms with E-state index in [0.717, 1.165) is 42.1 Å². The van der Waals surface area contributed by atoms with Crippen molar-refractivity contribution in [1.29, 1.82) is 0 Å². The molecular formula is C24H24N4O. The molecule has 0 N–H and O–H groups in total. The molecule has 0 spiro atoms. The molecule has 0 atom stereocenters. The third-order valence-electron chi connectivity index (χ3n) is 5.76. The summed E-state index contributed by atoms with van der Waals surface area (Å²) in [7, 11) is 0. The molecule has 0 saturated heterocycles. The van der Waals surface area contributed by atoms with Crippen molar-refractivity contribution in [1.82, 2.24) is 18.9 Å². The Morgan fingerprint density at radius 2 is 1.72 bits per heavy atom. The first kappa shape index (κ1) is 17.9. The summed E-state index contributed by atoms with van der Waals surface area (Å²) in [5.41, 5.74) is 5.68. The molecule has 0 bridgehead atoms. The third kappa shape index (κ3) is 3.38. The highest BCUT2D eigenvalue weighted by Crippen LogP contribution is 2.20. The van der Waals surface area contributed by atoms with Crippen LogP contribution in [-0.4, -0.2) is 25.4 Å². The first-order valence-electron chi connectivity index (χ1n) is 10.1. The molecule has 0 fully saturated rings. The van der Waals surface area contributed by atoms with Crippen LogP contribution in [0.25, 0.3) is 5.78 Å². The van der Waals surface area contributed by atoms with Gasteiger partial charge in [-0.05, 0) is 18.1 Å². The number of benzene rings is 2. The molecule has 0 unspecified atom stereocenters. The molecule has 5 rings (SSSR count). The lowest BCUT2D eigenvalue weighted by Gasteiger charge is -2.29. The monoisotopic (exact) mass is 384 g/mol. The minimum absolute atomic E-state index is 0.0806. The fraction of sp³-hybridized carbons (Fsp3) is 0.250. The Kier molecular flexibility index (Phi) is 4.52. The van der Waals surface area contributed by atoms with Crippen LogP contribution < -0.4 is 5.56 Å². The van der Waals surface area contributed by atoms with E-state index in [0.29, 0.717) is 13.1 Å². The largest absolute Gasteiger partial charge is 0.294 e. The molecule has 0 saturated carbocycles. The van der Waals surface area contributed by atoms with Crippen molar-refractivity contribution in [2.24, 2.45) is 0 Å². The zero-order valence-electron chi connectivity index (χ0n) is 16.6. The smallest absolute Gasteiger partial charge is 0.259 e. The Morgan fingerprint density at radius 1 is 0.966 bits per heavy atom. The zero-order valence-corrected chi connectivity index (χ0v) is 16.6. The van der Waals surface area contributed by atoms with Gasteiger partial charge in [0.1, 0.15) is 0 Å². The second-order valence-corrected chi connectivity index (χ2v) is 7.85. The topological polar surface area (TPSA) is 42.5 Å². The van der Waals surface area contributed by atoms with Crippen molar-refractivity contribution < 1.29 is 0 Å². The van der Waals surface area contributed by atoms with Gasteiger partial charge in [-0.3, -0.25) is 18.7 Å². The number of nitrogens with zero attached hydrogens (tertiary/aromatic N) is 4. The molecule has 3 heterocycles. The lowest BCUT2D eigenvalue weighted by Crippen LogP contribution is -2.38. The SMILES string of the molecule is Cc1ccc(Cn2c(=O)c3c(n4ccnc24)CCN(Cc2ccccc2)C3)cc1. The van der Waals surface area contributed by atoms with Crippen LogP contribution in [0.3, 0.4) is 0 Å². The van der Waals surface area contributed by atoms with Crippen molar-refractivity contribution in [2.45, 2.75) is 33.0 Å². The normalized spacial score (nSPS) is 14.2. The van der Waals surface area contributed by atoms with E-state index in [1.54, 1.807) is 6.20 Å². The maximum absolute atomic E-state index is 13.5. The van der Waals surface area contributed by atoms with Crippen molar-refractivity contribution in [3.63, 3.8) is 0 Å². The van der Waals surface area contributed by atoms with Crippen LogP contribution in [0.1, 0.15) is 27.9 Å². The van der Waals surface area contributed by atoms with Crippen LogP contribution >= 0.6 is 0 Å². The van der Waals surface area contributed by atoms with Crippen LogP contribution in [0.15, 0.2) is 71.8 Å². The van der Waals surface area contributed by atoms with Gasteiger partial charge in [0.25, 0.3) is 5.56 Å². The summed E-state index contributed by atoms with van der Waals surface area (Å²) in [5, 5.41) is 0. The summed E-state index contributed by atoms with van der Waals surface area (Å²) >= 11 is 0. The summed E-state index contributed by atoms with van der Waals surface area (Å²) in [6.07, 6.45) is 4.62. The quantitative estimate of drug-likeness (QED) is 0.542. The number of aryl methyl sites for hydroxylation is 1. The van der Waals surface area contributed by atoms with Gasteiger partial charge < -0.3 is 0 Å². The second-order valence-electron chi connectivity index (χ2n) is 7.85. The first-order chi connectivity index (χ1) is 14.2. The molecule has 146 valence electrons. The molecule has 29 heavy (non-hydrogen) atoms. The average molecular weight is 384 g/mol. The molecular weight excluding hydrogens is 360 g/mol. The Balaban J connectivity index is 1.53. The van der Waals surface area contributed by atoms with Gasteiger partial charge in [-0.25, -0.2) is 4.98 Å². The van der Waals surface area contributed by atoms with E-state index in [4.69, 9.17) is 0 Å². The third-order valence-corrected chi connectivity index (χ3v) is 5.76. The predicted octanol–water partition coefficient (Wildman–Crippen LogP) is 3.41. The van der Waals surface area contributed by atoms with E-state index < -0.39 is 0 Å². The highest BCUT2D eigenvalue weighted by molar-refractivity contribution is 5.39. The van der Waals surface area contributed by atoms with Crippen LogP contribution in [0.5, 0.6) is 0 Å². The molecule has 1 aliphatic heterocycles. The van der Waals surface area contributed by atoms with E-state index in [2.05, 4.69) is 69.7 Å². The van der Waals surface area contributed by atoms with Crippen molar-refractivity contribution >= 4 is 5.78 Å². The van der Waals surface area contributed by atoms with Crippen molar-refractivity contribution in [3.05, 3.63) is 105 Å². The minimum atomic E-state index is 0.0806. The van der Waals surface area contributed by atoms with Crippen LogP contribution in [0, 0.1) is 6.92 Å². The standard InChI is InChI=1S/C24H24N4O/c1-18-7-9-20(10-8-18)16-28-23(29)21-17-26(15-19-5-3-2-4-6-19)13-11-22(21)27-14-12-25-24(27)28/h2-10,12,14H,11,13,15-17H2,1H3. The fourth-order valence-corrected chi connectivity index (χ4v) is 4.22. The van der Waals surface area contributed by atoms with Gasteiger partial charge in [0.05, 0.1) is 12.1 Å². The summed E-state index contributed by atoms with van der Waals surface area (Å²) < 4.78 is 3.92. The van der Waals surface area contributed by atoms with E-state index in [-0.39, 0.29) is 5.56 Å². The summed E-state index contributed by atoms with van der Waals surface area (Å²) in [4.78, 5) is 20.3. The number of imidazole rings is 1. The molecule has 0 amide bonds. The molecule has 5 nitrogen and oxygen atoms in total. The fourth-order valence-electron chi connectivity index (χ4n) is 4.22. The average Bonchev–Trinajstić information content (AvgIpc) is 3.23. The molecule has 0 aliphatic carbocycles. The van der Waals surface area contributed by atoms with Gasteiger partial charge in [0.2, 0.25) is 5.78 Å². The van der Waals surface area contributed by atoms with Crippen LogP contribution in [-0.2, 0) is 26.1 Å².